The van der Waals surface area contributed by atoms with E-state index >= 15 is 0 Å². The molecular formula is C14H9ClF2O2. The zero-order valence-corrected chi connectivity index (χ0v) is 10.7. The second kappa shape index (κ2) is 5.36. The van der Waals surface area contributed by atoms with Crippen LogP contribution in [0.15, 0.2) is 36.4 Å². The van der Waals surface area contributed by atoms with Crippen LogP contribution in [0.4, 0.5) is 8.78 Å². The van der Waals surface area contributed by atoms with Gasteiger partial charge in [-0.1, -0.05) is 17.7 Å². The number of ether oxygens (including phenoxy) is 1. The van der Waals surface area contributed by atoms with Crippen molar-refractivity contribution in [1.82, 2.24) is 0 Å². The van der Waals surface area contributed by atoms with Crippen molar-refractivity contribution in [2.24, 2.45) is 0 Å². The minimum Gasteiger partial charge on any atom is -0.455 e. The number of Topliss-reactive ketones (excluding diaryl/α,β-unsaturated/α-hetero) is 1. The normalized spacial score (nSPS) is 10.3. The summed E-state index contributed by atoms with van der Waals surface area (Å²) in [6.07, 6.45) is 0. The van der Waals surface area contributed by atoms with Crippen LogP contribution in [0.5, 0.6) is 11.5 Å². The van der Waals surface area contributed by atoms with E-state index in [0.717, 1.165) is 18.2 Å². The minimum absolute atomic E-state index is 0.0405. The summed E-state index contributed by atoms with van der Waals surface area (Å²) in [5.41, 5.74) is -0.164. The molecule has 0 bridgehead atoms. The van der Waals surface area contributed by atoms with Gasteiger partial charge in [0.05, 0.1) is 10.6 Å². The minimum atomic E-state index is -0.678. The highest BCUT2D eigenvalue weighted by Crippen LogP contribution is 2.32. The molecule has 0 N–H and O–H groups in total. The monoisotopic (exact) mass is 282 g/mol. The Bertz CT molecular complexity index is 641. The summed E-state index contributed by atoms with van der Waals surface area (Å²) in [7, 11) is 0. The number of benzene rings is 2. The molecule has 0 aliphatic carbocycles. The predicted octanol–water partition coefficient (Wildman–Crippen LogP) is 4.61. The molecule has 2 aromatic carbocycles. The molecule has 98 valence electrons. The summed E-state index contributed by atoms with van der Waals surface area (Å²) in [5, 5.41) is 0.0405. The van der Waals surface area contributed by atoms with Crippen LogP contribution in [-0.2, 0) is 0 Å². The Kier molecular flexibility index (Phi) is 3.81. The molecule has 0 spiro atoms. The third-order valence-corrected chi connectivity index (χ3v) is 2.74. The SMILES string of the molecule is CC(=O)c1c(F)cccc1Oc1ccc(F)cc1Cl. The van der Waals surface area contributed by atoms with Gasteiger partial charge in [-0.15, -0.1) is 0 Å². The third-order valence-electron chi connectivity index (χ3n) is 2.44. The Hall–Kier alpha value is -1.94. The van der Waals surface area contributed by atoms with Crippen molar-refractivity contribution in [2.75, 3.05) is 0 Å². The first kappa shape index (κ1) is 13.5. The van der Waals surface area contributed by atoms with E-state index in [0.29, 0.717) is 0 Å². The molecule has 0 heterocycles. The van der Waals surface area contributed by atoms with Crippen molar-refractivity contribution in [3.63, 3.8) is 0 Å². The van der Waals surface area contributed by atoms with Gasteiger partial charge in [0.1, 0.15) is 23.1 Å². The number of hydrogen-bond donors (Lipinski definition) is 0. The standard InChI is InChI=1S/C14H9ClF2O2/c1-8(18)14-11(17)3-2-4-13(14)19-12-6-5-9(16)7-10(12)15/h2-7H,1H3. The van der Waals surface area contributed by atoms with E-state index in [1.165, 1.54) is 25.1 Å². The predicted molar refractivity (Wildman–Crippen MR) is 67.9 cm³/mol. The van der Waals surface area contributed by atoms with Crippen LogP contribution in [0, 0.1) is 11.6 Å². The summed E-state index contributed by atoms with van der Waals surface area (Å²) in [6.45, 7) is 1.23. The van der Waals surface area contributed by atoms with Gasteiger partial charge in [-0.25, -0.2) is 8.78 Å². The molecule has 5 heteroatoms. The summed E-state index contributed by atoms with van der Waals surface area (Å²) < 4.78 is 31.9. The smallest absolute Gasteiger partial charge is 0.166 e. The van der Waals surface area contributed by atoms with Crippen LogP contribution < -0.4 is 4.74 Å². The number of carbonyl (C=O) groups excluding carboxylic acids is 1. The number of halogens is 3. The van der Waals surface area contributed by atoms with Gasteiger partial charge in [0.25, 0.3) is 0 Å². The van der Waals surface area contributed by atoms with Crippen LogP contribution in [0.2, 0.25) is 5.02 Å². The first-order valence-electron chi connectivity index (χ1n) is 5.41. The van der Waals surface area contributed by atoms with Crippen molar-refractivity contribution in [3.05, 3.63) is 58.6 Å². The second-order valence-corrected chi connectivity index (χ2v) is 4.25. The quantitative estimate of drug-likeness (QED) is 0.768. The molecule has 0 amide bonds. The zero-order chi connectivity index (χ0) is 14.0. The molecule has 0 fully saturated rings. The third kappa shape index (κ3) is 2.90. The summed E-state index contributed by atoms with van der Waals surface area (Å²) in [4.78, 5) is 11.4. The van der Waals surface area contributed by atoms with Gasteiger partial charge in [-0.3, -0.25) is 4.79 Å². The van der Waals surface area contributed by atoms with Gasteiger partial charge >= 0.3 is 0 Å². The maximum absolute atomic E-state index is 13.6. The number of rotatable bonds is 3. The molecule has 19 heavy (non-hydrogen) atoms. The van der Waals surface area contributed by atoms with Gasteiger partial charge < -0.3 is 4.74 Å². The Morgan fingerprint density at radius 2 is 1.89 bits per heavy atom. The lowest BCUT2D eigenvalue weighted by atomic mass is 10.1. The highest BCUT2D eigenvalue weighted by molar-refractivity contribution is 6.32. The lowest BCUT2D eigenvalue weighted by Gasteiger charge is -2.11. The maximum Gasteiger partial charge on any atom is 0.166 e. The number of ketones is 1. The van der Waals surface area contributed by atoms with E-state index in [2.05, 4.69) is 0 Å². The number of carbonyl (C=O) groups is 1. The fraction of sp³-hybridized carbons (Fsp3) is 0.0714. The van der Waals surface area contributed by atoms with Crippen molar-refractivity contribution >= 4 is 17.4 Å². The van der Waals surface area contributed by atoms with E-state index in [1.807, 2.05) is 0 Å². The fourth-order valence-corrected chi connectivity index (χ4v) is 1.81. The molecule has 0 radical (unpaired) electrons. The topological polar surface area (TPSA) is 26.3 Å². The van der Waals surface area contributed by atoms with E-state index < -0.39 is 17.4 Å². The molecule has 0 aromatic heterocycles. The molecule has 0 aliphatic rings. The van der Waals surface area contributed by atoms with Gasteiger partial charge in [0.15, 0.2) is 5.78 Å². The molecule has 0 aliphatic heterocycles. The van der Waals surface area contributed by atoms with Crippen molar-refractivity contribution in [3.8, 4) is 11.5 Å². The second-order valence-electron chi connectivity index (χ2n) is 3.85. The van der Waals surface area contributed by atoms with Crippen LogP contribution in [0.25, 0.3) is 0 Å². The largest absolute Gasteiger partial charge is 0.455 e. The van der Waals surface area contributed by atoms with E-state index in [4.69, 9.17) is 16.3 Å². The summed E-state index contributed by atoms with van der Waals surface area (Å²) >= 11 is 5.81. The lowest BCUT2D eigenvalue weighted by molar-refractivity contribution is 0.101. The van der Waals surface area contributed by atoms with Crippen LogP contribution >= 0.6 is 11.6 Å². The van der Waals surface area contributed by atoms with Crippen LogP contribution in [-0.4, -0.2) is 5.78 Å². The fourth-order valence-electron chi connectivity index (χ4n) is 1.61. The van der Waals surface area contributed by atoms with Gasteiger partial charge in [0, 0.05) is 0 Å². The van der Waals surface area contributed by atoms with Gasteiger partial charge in [0.2, 0.25) is 0 Å². The summed E-state index contributed by atoms with van der Waals surface area (Å²) in [5.74, 6) is -1.46. The van der Waals surface area contributed by atoms with Crippen molar-refractivity contribution in [2.45, 2.75) is 6.92 Å². The molecule has 0 saturated carbocycles. The molecule has 0 saturated heterocycles. The summed E-state index contributed by atoms with van der Waals surface area (Å²) in [6, 6.07) is 7.56. The molecule has 2 aromatic rings. The highest BCUT2D eigenvalue weighted by atomic mass is 35.5. The highest BCUT2D eigenvalue weighted by Gasteiger charge is 2.15. The Morgan fingerprint density at radius 3 is 2.53 bits per heavy atom. The van der Waals surface area contributed by atoms with Gasteiger partial charge in [-0.05, 0) is 37.3 Å². The van der Waals surface area contributed by atoms with Crippen molar-refractivity contribution in [1.29, 1.82) is 0 Å². The lowest BCUT2D eigenvalue weighted by Crippen LogP contribution is -2.01. The average Bonchev–Trinajstić information content (AvgIpc) is 2.32. The Balaban J connectivity index is 2.44. The van der Waals surface area contributed by atoms with E-state index in [9.17, 15) is 13.6 Å². The van der Waals surface area contributed by atoms with Crippen molar-refractivity contribution < 1.29 is 18.3 Å². The van der Waals surface area contributed by atoms with Gasteiger partial charge in [-0.2, -0.15) is 0 Å². The zero-order valence-electron chi connectivity index (χ0n) is 9.91. The van der Waals surface area contributed by atoms with Crippen LogP contribution in [0.3, 0.4) is 0 Å². The van der Waals surface area contributed by atoms with E-state index in [1.54, 1.807) is 0 Å². The average molecular weight is 283 g/mol. The van der Waals surface area contributed by atoms with E-state index in [-0.39, 0.29) is 22.1 Å². The molecule has 2 rings (SSSR count). The first-order valence-corrected chi connectivity index (χ1v) is 5.79. The molecule has 0 atom stereocenters. The molecule has 0 unspecified atom stereocenters. The first-order chi connectivity index (χ1) is 8.99. The molecule has 2 nitrogen and oxygen atoms in total. The maximum atomic E-state index is 13.6. The Labute approximate surface area is 113 Å². The Morgan fingerprint density at radius 1 is 1.16 bits per heavy atom. The number of hydrogen-bond acceptors (Lipinski definition) is 2. The molecular weight excluding hydrogens is 274 g/mol. The van der Waals surface area contributed by atoms with Crippen LogP contribution in [0.1, 0.15) is 17.3 Å².